The Balaban J connectivity index is 1.70. The van der Waals surface area contributed by atoms with E-state index in [1.54, 1.807) is 0 Å². The van der Waals surface area contributed by atoms with Crippen molar-refractivity contribution in [3.63, 3.8) is 0 Å². The number of benzene rings is 3. The SMILES string of the molecule is ClCCN(CCCl)CCN1c2ccccc2Oc2cc3ccccc3cc21. The van der Waals surface area contributed by atoms with Crippen molar-refractivity contribution >= 4 is 45.3 Å². The van der Waals surface area contributed by atoms with Gasteiger partial charge in [0, 0.05) is 37.9 Å². The van der Waals surface area contributed by atoms with Crippen molar-refractivity contribution in [3.05, 3.63) is 60.7 Å². The third kappa shape index (κ3) is 3.86. The summed E-state index contributed by atoms with van der Waals surface area (Å²) in [7, 11) is 0. The van der Waals surface area contributed by atoms with Crippen LogP contribution in [-0.4, -0.2) is 42.8 Å². The molecule has 27 heavy (non-hydrogen) atoms. The average molecular weight is 401 g/mol. The van der Waals surface area contributed by atoms with Crippen molar-refractivity contribution in [1.82, 2.24) is 4.90 Å². The second-order valence-electron chi connectivity index (χ2n) is 6.61. The largest absolute Gasteiger partial charge is 0.453 e. The molecule has 0 aromatic heterocycles. The Bertz CT molecular complexity index is 925. The molecule has 0 N–H and O–H groups in total. The topological polar surface area (TPSA) is 15.7 Å². The fourth-order valence-corrected chi connectivity index (χ4v) is 4.05. The first-order chi connectivity index (χ1) is 13.3. The van der Waals surface area contributed by atoms with Gasteiger partial charge >= 0.3 is 0 Å². The number of fused-ring (bicyclic) bond motifs is 3. The standard InChI is InChI=1S/C22H22Cl2N2O/c23-9-11-25(12-10-24)13-14-26-19-7-3-4-8-21(19)27-22-16-18-6-2-1-5-17(18)15-20(22)26/h1-8,15-16H,9-14H2. The van der Waals surface area contributed by atoms with Crippen LogP contribution in [0, 0.1) is 0 Å². The minimum absolute atomic E-state index is 0.609. The summed E-state index contributed by atoms with van der Waals surface area (Å²) in [6.07, 6.45) is 0. The molecule has 0 atom stereocenters. The molecule has 5 heteroatoms. The maximum atomic E-state index is 6.22. The lowest BCUT2D eigenvalue weighted by molar-refractivity contribution is 0.315. The third-order valence-electron chi connectivity index (χ3n) is 4.94. The first-order valence-corrected chi connectivity index (χ1v) is 10.3. The van der Waals surface area contributed by atoms with E-state index in [-0.39, 0.29) is 0 Å². The first-order valence-electron chi connectivity index (χ1n) is 9.21. The lowest BCUT2D eigenvalue weighted by Gasteiger charge is -2.34. The van der Waals surface area contributed by atoms with Crippen LogP contribution in [0.5, 0.6) is 11.5 Å². The van der Waals surface area contributed by atoms with Crippen LogP contribution in [0.15, 0.2) is 60.7 Å². The van der Waals surface area contributed by atoms with E-state index < -0.39 is 0 Å². The molecule has 3 aromatic rings. The zero-order chi connectivity index (χ0) is 18.6. The predicted octanol–water partition coefficient (Wildman–Crippen LogP) is 5.86. The van der Waals surface area contributed by atoms with E-state index >= 15 is 0 Å². The van der Waals surface area contributed by atoms with E-state index in [9.17, 15) is 0 Å². The van der Waals surface area contributed by atoms with E-state index in [2.05, 4.69) is 58.3 Å². The van der Waals surface area contributed by atoms with Crippen molar-refractivity contribution in [2.75, 3.05) is 42.8 Å². The molecule has 0 fully saturated rings. The van der Waals surface area contributed by atoms with Crippen LogP contribution in [0.3, 0.4) is 0 Å². The van der Waals surface area contributed by atoms with Crippen LogP contribution in [0.25, 0.3) is 10.8 Å². The Labute approximate surface area is 170 Å². The Kier molecular flexibility index (Phi) is 5.72. The van der Waals surface area contributed by atoms with Gasteiger partial charge in [-0.2, -0.15) is 0 Å². The zero-order valence-electron chi connectivity index (χ0n) is 15.1. The number of rotatable bonds is 7. The molecule has 0 bridgehead atoms. The lowest BCUT2D eigenvalue weighted by atomic mass is 10.1. The molecule has 0 radical (unpaired) electrons. The summed E-state index contributed by atoms with van der Waals surface area (Å²) >= 11 is 11.9. The van der Waals surface area contributed by atoms with Gasteiger partial charge in [0.05, 0.1) is 11.4 Å². The smallest absolute Gasteiger partial charge is 0.151 e. The highest BCUT2D eigenvalue weighted by Gasteiger charge is 2.25. The molecule has 3 aromatic carbocycles. The number of ether oxygens (including phenoxy) is 1. The van der Waals surface area contributed by atoms with Gasteiger partial charge < -0.3 is 9.64 Å². The zero-order valence-corrected chi connectivity index (χ0v) is 16.6. The number of nitrogens with zero attached hydrogens (tertiary/aromatic N) is 2. The van der Waals surface area contributed by atoms with Gasteiger partial charge in [-0.05, 0) is 35.0 Å². The predicted molar refractivity (Wildman–Crippen MR) is 115 cm³/mol. The minimum atomic E-state index is 0.609. The molecule has 0 spiro atoms. The van der Waals surface area contributed by atoms with E-state index in [0.717, 1.165) is 49.1 Å². The summed E-state index contributed by atoms with van der Waals surface area (Å²) in [4.78, 5) is 4.65. The van der Waals surface area contributed by atoms with Crippen LogP contribution >= 0.6 is 23.2 Å². The third-order valence-corrected chi connectivity index (χ3v) is 5.27. The second-order valence-corrected chi connectivity index (χ2v) is 7.36. The Morgan fingerprint density at radius 2 is 1.41 bits per heavy atom. The van der Waals surface area contributed by atoms with Gasteiger partial charge in [-0.25, -0.2) is 0 Å². The van der Waals surface area contributed by atoms with Crippen molar-refractivity contribution in [3.8, 4) is 11.5 Å². The molecule has 3 nitrogen and oxygen atoms in total. The Morgan fingerprint density at radius 1 is 0.741 bits per heavy atom. The maximum Gasteiger partial charge on any atom is 0.151 e. The molecule has 1 heterocycles. The molecule has 0 aliphatic carbocycles. The van der Waals surface area contributed by atoms with Crippen LogP contribution < -0.4 is 9.64 Å². The quantitative estimate of drug-likeness (QED) is 0.461. The molecule has 0 saturated heterocycles. The fraction of sp³-hybridized carbons (Fsp3) is 0.273. The summed E-state index contributed by atoms with van der Waals surface area (Å²) in [6.45, 7) is 3.41. The summed E-state index contributed by atoms with van der Waals surface area (Å²) in [5, 5.41) is 2.39. The molecular weight excluding hydrogens is 379 g/mol. The number of hydrogen-bond donors (Lipinski definition) is 0. The van der Waals surface area contributed by atoms with E-state index in [1.807, 2.05) is 12.1 Å². The highest BCUT2D eigenvalue weighted by Crippen LogP contribution is 2.47. The molecule has 0 amide bonds. The number of hydrogen-bond acceptors (Lipinski definition) is 3. The number of para-hydroxylation sites is 2. The van der Waals surface area contributed by atoms with Gasteiger partial charge in [-0.3, -0.25) is 4.90 Å². The highest BCUT2D eigenvalue weighted by atomic mass is 35.5. The summed E-state index contributed by atoms with van der Waals surface area (Å²) in [6, 6.07) is 20.9. The molecule has 140 valence electrons. The van der Waals surface area contributed by atoms with Crippen molar-refractivity contribution < 1.29 is 4.74 Å². The summed E-state index contributed by atoms with van der Waals surface area (Å²) in [5.74, 6) is 3.01. The van der Waals surface area contributed by atoms with Gasteiger partial charge in [-0.15, -0.1) is 23.2 Å². The lowest BCUT2D eigenvalue weighted by Crippen LogP contribution is -2.36. The molecular formula is C22H22Cl2N2O. The minimum Gasteiger partial charge on any atom is -0.453 e. The monoisotopic (exact) mass is 400 g/mol. The van der Waals surface area contributed by atoms with Gasteiger partial charge in [-0.1, -0.05) is 36.4 Å². The fourth-order valence-electron chi connectivity index (χ4n) is 3.57. The highest BCUT2D eigenvalue weighted by molar-refractivity contribution is 6.18. The first kappa shape index (κ1) is 18.4. The maximum absolute atomic E-state index is 6.22. The molecule has 0 unspecified atom stereocenters. The van der Waals surface area contributed by atoms with Gasteiger partial charge in [0.25, 0.3) is 0 Å². The van der Waals surface area contributed by atoms with Gasteiger partial charge in [0.2, 0.25) is 0 Å². The van der Waals surface area contributed by atoms with Crippen molar-refractivity contribution in [2.45, 2.75) is 0 Å². The molecule has 1 aliphatic heterocycles. The van der Waals surface area contributed by atoms with Crippen LogP contribution in [0.2, 0.25) is 0 Å². The van der Waals surface area contributed by atoms with Crippen molar-refractivity contribution in [2.24, 2.45) is 0 Å². The van der Waals surface area contributed by atoms with Gasteiger partial charge in [0.15, 0.2) is 11.5 Å². The normalized spacial score (nSPS) is 12.8. The molecule has 4 rings (SSSR count). The average Bonchev–Trinajstić information content (AvgIpc) is 2.70. The van der Waals surface area contributed by atoms with E-state index in [1.165, 1.54) is 10.8 Å². The Morgan fingerprint density at radius 3 is 2.15 bits per heavy atom. The van der Waals surface area contributed by atoms with Crippen LogP contribution in [0.4, 0.5) is 11.4 Å². The second kappa shape index (κ2) is 8.39. The number of halogens is 2. The van der Waals surface area contributed by atoms with Crippen LogP contribution in [0.1, 0.15) is 0 Å². The summed E-state index contributed by atoms with van der Waals surface area (Å²) < 4.78 is 6.22. The van der Waals surface area contributed by atoms with E-state index in [4.69, 9.17) is 27.9 Å². The van der Waals surface area contributed by atoms with E-state index in [0.29, 0.717) is 11.8 Å². The van der Waals surface area contributed by atoms with Crippen molar-refractivity contribution in [1.29, 1.82) is 0 Å². The molecule has 0 saturated carbocycles. The van der Waals surface area contributed by atoms with Gasteiger partial charge in [0.1, 0.15) is 0 Å². The molecule has 1 aliphatic rings. The number of alkyl halides is 2. The number of anilines is 2. The van der Waals surface area contributed by atoms with Crippen LogP contribution in [-0.2, 0) is 0 Å². The summed E-state index contributed by atoms with van der Waals surface area (Å²) in [5.41, 5.74) is 2.20. The Hall–Kier alpha value is -1.94.